The molecule has 1 saturated carbocycles. The van der Waals surface area contributed by atoms with Gasteiger partial charge in [0.2, 0.25) is 5.95 Å². The van der Waals surface area contributed by atoms with Crippen molar-refractivity contribution < 1.29 is 0 Å². The molecule has 2 atom stereocenters. The molecule has 4 heteroatoms. The van der Waals surface area contributed by atoms with E-state index in [2.05, 4.69) is 35.2 Å². The standard InChI is InChI=1S/C14H23N3S/c1-4-15-14-16-11(3)9-13(17-14)18-12-7-5-6-10(2)8-12/h9-10,12H,4-8H2,1-3H3,(H,15,16,17). The molecular weight excluding hydrogens is 242 g/mol. The molecule has 1 fully saturated rings. The second kappa shape index (κ2) is 6.41. The maximum absolute atomic E-state index is 4.58. The van der Waals surface area contributed by atoms with Crippen LogP contribution in [0, 0.1) is 12.8 Å². The number of aryl methyl sites for hydroxylation is 1. The van der Waals surface area contributed by atoms with Gasteiger partial charge in [0.15, 0.2) is 0 Å². The molecule has 18 heavy (non-hydrogen) atoms. The first-order valence-electron chi connectivity index (χ1n) is 6.93. The molecule has 1 aliphatic carbocycles. The van der Waals surface area contributed by atoms with E-state index in [1.165, 1.54) is 25.7 Å². The van der Waals surface area contributed by atoms with Gasteiger partial charge in [-0.25, -0.2) is 9.97 Å². The van der Waals surface area contributed by atoms with Gasteiger partial charge >= 0.3 is 0 Å². The zero-order valence-corrected chi connectivity index (χ0v) is 12.4. The smallest absolute Gasteiger partial charge is 0.223 e. The third-order valence-electron chi connectivity index (χ3n) is 3.34. The molecule has 2 rings (SSSR count). The minimum Gasteiger partial charge on any atom is -0.354 e. The van der Waals surface area contributed by atoms with Crippen LogP contribution in [0.3, 0.4) is 0 Å². The summed E-state index contributed by atoms with van der Waals surface area (Å²) < 4.78 is 0. The fraction of sp³-hybridized carbons (Fsp3) is 0.714. The van der Waals surface area contributed by atoms with Crippen molar-refractivity contribution in [2.75, 3.05) is 11.9 Å². The molecule has 1 N–H and O–H groups in total. The maximum atomic E-state index is 4.58. The summed E-state index contributed by atoms with van der Waals surface area (Å²) in [7, 11) is 0. The highest BCUT2D eigenvalue weighted by Crippen LogP contribution is 2.35. The summed E-state index contributed by atoms with van der Waals surface area (Å²) in [5.74, 6) is 1.64. The lowest BCUT2D eigenvalue weighted by Gasteiger charge is -2.25. The van der Waals surface area contributed by atoms with Crippen molar-refractivity contribution in [3.05, 3.63) is 11.8 Å². The van der Waals surface area contributed by atoms with Crippen LogP contribution in [0.5, 0.6) is 0 Å². The number of rotatable bonds is 4. The first kappa shape index (κ1) is 13.7. The molecule has 1 aromatic rings. The summed E-state index contributed by atoms with van der Waals surface area (Å²) in [5.41, 5.74) is 1.05. The van der Waals surface area contributed by atoms with Gasteiger partial charge in [0.25, 0.3) is 0 Å². The minimum atomic E-state index is 0.734. The number of nitrogens with one attached hydrogen (secondary N) is 1. The Labute approximate surface area is 114 Å². The van der Waals surface area contributed by atoms with E-state index in [1.54, 1.807) is 0 Å². The predicted molar refractivity (Wildman–Crippen MR) is 78.2 cm³/mol. The Bertz CT molecular complexity index is 395. The van der Waals surface area contributed by atoms with Gasteiger partial charge in [-0.05, 0) is 38.7 Å². The molecule has 0 aliphatic heterocycles. The third-order valence-corrected chi connectivity index (χ3v) is 4.55. The second-order valence-electron chi connectivity index (χ2n) is 5.21. The van der Waals surface area contributed by atoms with Crippen LogP contribution in [0.1, 0.15) is 45.2 Å². The molecular formula is C14H23N3S. The quantitative estimate of drug-likeness (QED) is 0.838. The topological polar surface area (TPSA) is 37.8 Å². The predicted octanol–water partition coefficient (Wildman–Crippen LogP) is 3.89. The number of anilines is 1. The first-order valence-corrected chi connectivity index (χ1v) is 7.81. The van der Waals surface area contributed by atoms with Crippen LogP contribution in [0.15, 0.2) is 11.1 Å². The van der Waals surface area contributed by atoms with Crippen LogP contribution in [0.4, 0.5) is 5.95 Å². The summed E-state index contributed by atoms with van der Waals surface area (Å²) in [6.07, 6.45) is 5.41. The molecule has 0 aromatic carbocycles. The fourth-order valence-corrected chi connectivity index (χ4v) is 3.92. The summed E-state index contributed by atoms with van der Waals surface area (Å²) in [6.45, 7) is 7.34. The molecule has 2 unspecified atom stereocenters. The normalized spacial score (nSPS) is 23.9. The molecule has 0 spiro atoms. The number of hydrogen-bond acceptors (Lipinski definition) is 4. The molecule has 3 nitrogen and oxygen atoms in total. The highest BCUT2D eigenvalue weighted by atomic mass is 32.2. The zero-order valence-electron chi connectivity index (χ0n) is 11.6. The van der Waals surface area contributed by atoms with Gasteiger partial charge < -0.3 is 5.32 Å². The zero-order chi connectivity index (χ0) is 13.0. The highest BCUT2D eigenvalue weighted by molar-refractivity contribution is 7.99. The summed E-state index contributed by atoms with van der Waals surface area (Å²) in [5, 5.41) is 5.06. The van der Waals surface area contributed by atoms with Crippen molar-refractivity contribution in [3.8, 4) is 0 Å². The van der Waals surface area contributed by atoms with Crippen LogP contribution < -0.4 is 5.32 Å². The van der Waals surface area contributed by atoms with Crippen molar-refractivity contribution in [1.82, 2.24) is 9.97 Å². The Morgan fingerprint density at radius 3 is 2.94 bits per heavy atom. The molecule has 0 amide bonds. The lowest BCUT2D eigenvalue weighted by molar-refractivity contribution is 0.394. The SMILES string of the molecule is CCNc1nc(C)cc(SC2CCCC(C)C2)n1. The summed E-state index contributed by atoms with van der Waals surface area (Å²) in [6, 6.07) is 2.10. The number of thioether (sulfide) groups is 1. The van der Waals surface area contributed by atoms with Crippen LogP contribution in [0.2, 0.25) is 0 Å². The first-order chi connectivity index (χ1) is 8.67. The highest BCUT2D eigenvalue weighted by Gasteiger charge is 2.20. The van der Waals surface area contributed by atoms with E-state index >= 15 is 0 Å². The van der Waals surface area contributed by atoms with Gasteiger partial charge in [0, 0.05) is 17.5 Å². The molecule has 0 bridgehead atoms. The van der Waals surface area contributed by atoms with Gasteiger partial charge in [-0.3, -0.25) is 0 Å². The van der Waals surface area contributed by atoms with Crippen molar-refractivity contribution in [3.63, 3.8) is 0 Å². The fourth-order valence-electron chi connectivity index (χ4n) is 2.49. The van der Waals surface area contributed by atoms with E-state index in [0.717, 1.165) is 34.4 Å². The molecule has 100 valence electrons. The van der Waals surface area contributed by atoms with E-state index < -0.39 is 0 Å². The summed E-state index contributed by atoms with van der Waals surface area (Å²) in [4.78, 5) is 8.98. The van der Waals surface area contributed by atoms with Crippen LogP contribution in [-0.2, 0) is 0 Å². The third kappa shape index (κ3) is 3.87. The molecule has 0 radical (unpaired) electrons. The Balaban J connectivity index is 2.03. The van der Waals surface area contributed by atoms with Crippen molar-refractivity contribution in [2.45, 2.75) is 56.7 Å². The van der Waals surface area contributed by atoms with E-state index in [4.69, 9.17) is 0 Å². The molecule has 1 aromatic heterocycles. The number of aromatic nitrogens is 2. The van der Waals surface area contributed by atoms with Gasteiger partial charge in [0.1, 0.15) is 5.03 Å². The van der Waals surface area contributed by atoms with E-state index in [0.29, 0.717) is 0 Å². The average molecular weight is 265 g/mol. The lowest BCUT2D eigenvalue weighted by Crippen LogP contribution is -2.15. The molecule has 1 aliphatic rings. The Kier molecular flexibility index (Phi) is 4.87. The Morgan fingerprint density at radius 2 is 2.22 bits per heavy atom. The Hall–Kier alpha value is -0.770. The molecule has 1 heterocycles. The average Bonchev–Trinajstić information content (AvgIpc) is 2.28. The largest absolute Gasteiger partial charge is 0.354 e. The van der Waals surface area contributed by atoms with Crippen LogP contribution in [0.25, 0.3) is 0 Å². The lowest BCUT2D eigenvalue weighted by atomic mass is 9.91. The van der Waals surface area contributed by atoms with Crippen LogP contribution >= 0.6 is 11.8 Å². The maximum Gasteiger partial charge on any atom is 0.223 e. The van der Waals surface area contributed by atoms with Gasteiger partial charge in [-0.2, -0.15) is 0 Å². The second-order valence-corrected chi connectivity index (χ2v) is 6.53. The Morgan fingerprint density at radius 1 is 1.39 bits per heavy atom. The van der Waals surface area contributed by atoms with Crippen molar-refractivity contribution in [2.24, 2.45) is 5.92 Å². The van der Waals surface area contributed by atoms with Crippen molar-refractivity contribution in [1.29, 1.82) is 0 Å². The minimum absolute atomic E-state index is 0.734. The van der Waals surface area contributed by atoms with Crippen molar-refractivity contribution >= 4 is 17.7 Å². The number of hydrogen-bond donors (Lipinski definition) is 1. The van der Waals surface area contributed by atoms with E-state index in [-0.39, 0.29) is 0 Å². The van der Waals surface area contributed by atoms with Gasteiger partial charge in [-0.15, -0.1) is 11.8 Å². The van der Waals surface area contributed by atoms with E-state index in [1.807, 2.05) is 18.7 Å². The molecule has 0 saturated heterocycles. The van der Waals surface area contributed by atoms with E-state index in [9.17, 15) is 0 Å². The summed E-state index contributed by atoms with van der Waals surface area (Å²) >= 11 is 1.93. The number of nitrogens with zero attached hydrogens (tertiary/aromatic N) is 2. The van der Waals surface area contributed by atoms with Gasteiger partial charge in [-0.1, -0.05) is 19.8 Å². The monoisotopic (exact) mass is 265 g/mol. The van der Waals surface area contributed by atoms with Crippen LogP contribution in [-0.4, -0.2) is 21.8 Å². The van der Waals surface area contributed by atoms with Gasteiger partial charge in [0.05, 0.1) is 0 Å².